The summed E-state index contributed by atoms with van der Waals surface area (Å²) in [5.74, 6) is -1.47. The molecular formula is C7H6F4N2O2. The number of hydrogen-bond acceptors (Lipinski definition) is 2. The van der Waals surface area contributed by atoms with E-state index in [0.717, 1.165) is 0 Å². The average molecular weight is 226 g/mol. The molecule has 0 bridgehead atoms. The van der Waals surface area contributed by atoms with Crippen molar-refractivity contribution < 1.29 is 27.5 Å². The standard InChI is InChI=1S/C7H6F4N2O2/c8-6(9)4-2(1-3(14)15)5(7(10)11)13-12-4/h6-7H,1H2,(H,12,13)(H,14,15). The van der Waals surface area contributed by atoms with Gasteiger partial charge in [0, 0.05) is 5.56 Å². The van der Waals surface area contributed by atoms with E-state index in [1.165, 1.54) is 0 Å². The maximum atomic E-state index is 12.2. The predicted molar refractivity (Wildman–Crippen MR) is 39.8 cm³/mol. The highest BCUT2D eigenvalue weighted by molar-refractivity contribution is 5.71. The van der Waals surface area contributed by atoms with E-state index < -0.39 is 42.2 Å². The van der Waals surface area contributed by atoms with Crippen LogP contribution in [0.2, 0.25) is 0 Å². The fraction of sp³-hybridized carbons (Fsp3) is 0.429. The van der Waals surface area contributed by atoms with Crippen molar-refractivity contribution in [2.45, 2.75) is 19.3 Å². The quantitative estimate of drug-likeness (QED) is 0.770. The van der Waals surface area contributed by atoms with Crippen LogP contribution in [0.4, 0.5) is 17.6 Å². The molecule has 0 aromatic carbocycles. The Labute approximate surface area is 80.9 Å². The lowest BCUT2D eigenvalue weighted by Crippen LogP contribution is -2.05. The molecule has 0 amide bonds. The highest BCUT2D eigenvalue weighted by Crippen LogP contribution is 2.28. The molecule has 0 atom stereocenters. The largest absolute Gasteiger partial charge is 0.481 e. The topological polar surface area (TPSA) is 66.0 Å². The van der Waals surface area contributed by atoms with E-state index in [9.17, 15) is 22.4 Å². The number of aliphatic carboxylic acids is 1. The molecule has 0 aliphatic carbocycles. The lowest BCUT2D eigenvalue weighted by Gasteiger charge is -2.01. The number of carboxylic acid groups (broad SMARTS) is 1. The van der Waals surface area contributed by atoms with Crippen LogP contribution in [0.1, 0.15) is 29.8 Å². The van der Waals surface area contributed by atoms with Gasteiger partial charge in [-0.2, -0.15) is 5.10 Å². The number of aromatic nitrogens is 2. The number of hydrogen-bond donors (Lipinski definition) is 2. The van der Waals surface area contributed by atoms with E-state index in [4.69, 9.17) is 5.11 Å². The van der Waals surface area contributed by atoms with Crippen molar-refractivity contribution in [2.75, 3.05) is 0 Å². The number of aromatic amines is 1. The summed E-state index contributed by atoms with van der Waals surface area (Å²) < 4.78 is 49.0. The molecule has 0 radical (unpaired) electrons. The Morgan fingerprint density at radius 2 is 1.93 bits per heavy atom. The fourth-order valence-corrected chi connectivity index (χ4v) is 1.09. The second-order valence-corrected chi connectivity index (χ2v) is 2.67. The van der Waals surface area contributed by atoms with Gasteiger partial charge in [-0.25, -0.2) is 17.6 Å². The Morgan fingerprint density at radius 3 is 2.33 bits per heavy atom. The Kier molecular flexibility index (Phi) is 3.28. The van der Waals surface area contributed by atoms with Crippen LogP contribution in [0.5, 0.6) is 0 Å². The molecule has 1 aromatic heterocycles. The lowest BCUT2D eigenvalue weighted by molar-refractivity contribution is -0.136. The van der Waals surface area contributed by atoms with Crippen LogP contribution in [-0.4, -0.2) is 21.3 Å². The van der Waals surface area contributed by atoms with Gasteiger partial charge in [-0.3, -0.25) is 9.89 Å². The first kappa shape index (κ1) is 11.5. The zero-order valence-corrected chi connectivity index (χ0v) is 7.18. The molecule has 84 valence electrons. The number of halogens is 4. The summed E-state index contributed by atoms with van der Waals surface area (Å²) in [7, 11) is 0. The summed E-state index contributed by atoms with van der Waals surface area (Å²) in [6.45, 7) is 0. The first-order valence-corrected chi connectivity index (χ1v) is 3.78. The number of carboxylic acids is 1. The minimum Gasteiger partial charge on any atom is -0.481 e. The molecule has 0 unspecified atom stereocenters. The monoisotopic (exact) mass is 226 g/mol. The molecule has 8 heteroatoms. The third-order valence-electron chi connectivity index (χ3n) is 1.68. The van der Waals surface area contributed by atoms with E-state index in [-0.39, 0.29) is 0 Å². The van der Waals surface area contributed by atoms with E-state index in [1.807, 2.05) is 0 Å². The van der Waals surface area contributed by atoms with Gasteiger partial charge in [0.1, 0.15) is 11.4 Å². The molecule has 0 aliphatic rings. The number of nitrogens with one attached hydrogen (secondary N) is 1. The van der Waals surface area contributed by atoms with Crippen molar-refractivity contribution in [3.8, 4) is 0 Å². The summed E-state index contributed by atoms with van der Waals surface area (Å²) in [6, 6.07) is 0. The van der Waals surface area contributed by atoms with Crippen LogP contribution < -0.4 is 0 Å². The van der Waals surface area contributed by atoms with Crippen molar-refractivity contribution in [1.29, 1.82) is 0 Å². The molecule has 4 nitrogen and oxygen atoms in total. The van der Waals surface area contributed by atoms with Gasteiger partial charge in [0.15, 0.2) is 0 Å². The summed E-state index contributed by atoms with van der Waals surface area (Å²) in [6.07, 6.45) is -7.04. The minimum absolute atomic E-state index is 0.646. The normalized spacial score (nSPS) is 11.3. The predicted octanol–water partition coefficient (Wildman–Crippen LogP) is 1.91. The Bertz CT molecular complexity index is 338. The van der Waals surface area contributed by atoms with Crippen molar-refractivity contribution in [3.05, 3.63) is 17.0 Å². The van der Waals surface area contributed by atoms with Crippen LogP contribution in [0.15, 0.2) is 0 Å². The SMILES string of the molecule is O=C(O)Cc1c(C(F)F)n[nH]c1C(F)F. The molecule has 1 rings (SSSR count). The highest BCUT2D eigenvalue weighted by Gasteiger charge is 2.26. The van der Waals surface area contributed by atoms with Gasteiger partial charge in [0.05, 0.1) is 6.42 Å². The summed E-state index contributed by atoms with van der Waals surface area (Å²) in [5, 5.41) is 13.1. The van der Waals surface area contributed by atoms with E-state index in [2.05, 4.69) is 5.10 Å². The molecule has 0 saturated heterocycles. The van der Waals surface area contributed by atoms with Crippen molar-refractivity contribution in [1.82, 2.24) is 10.2 Å². The maximum absolute atomic E-state index is 12.2. The Morgan fingerprint density at radius 1 is 1.33 bits per heavy atom. The summed E-state index contributed by atoms with van der Waals surface area (Å²) >= 11 is 0. The number of H-pyrrole nitrogens is 1. The third-order valence-corrected chi connectivity index (χ3v) is 1.68. The molecular weight excluding hydrogens is 220 g/mol. The molecule has 15 heavy (non-hydrogen) atoms. The van der Waals surface area contributed by atoms with Gasteiger partial charge in [-0.15, -0.1) is 0 Å². The second-order valence-electron chi connectivity index (χ2n) is 2.67. The minimum atomic E-state index is -3.08. The average Bonchev–Trinajstić information content (AvgIpc) is 2.46. The molecule has 0 saturated carbocycles. The third kappa shape index (κ3) is 2.45. The zero-order chi connectivity index (χ0) is 11.6. The van der Waals surface area contributed by atoms with Crippen molar-refractivity contribution in [3.63, 3.8) is 0 Å². The van der Waals surface area contributed by atoms with Crippen LogP contribution in [0.3, 0.4) is 0 Å². The van der Waals surface area contributed by atoms with Gasteiger partial charge >= 0.3 is 5.97 Å². The summed E-state index contributed by atoms with van der Waals surface area (Å²) in [4.78, 5) is 10.3. The Hall–Kier alpha value is -1.60. The first-order chi connectivity index (χ1) is 6.93. The van der Waals surface area contributed by atoms with Gasteiger partial charge in [-0.1, -0.05) is 0 Å². The molecule has 0 fully saturated rings. The van der Waals surface area contributed by atoms with Crippen LogP contribution in [-0.2, 0) is 11.2 Å². The van der Waals surface area contributed by atoms with Crippen LogP contribution in [0.25, 0.3) is 0 Å². The van der Waals surface area contributed by atoms with E-state index >= 15 is 0 Å². The zero-order valence-electron chi connectivity index (χ0n) is 7.18. The smallest absolute Gasteiger partial charge is 0.307 e. The summed E-state index contributed by atoms with van der Waals surface area (Å²) in [5.41, 5.74) is -2.45. The van der Waals surface area contributed by atoms with E-state index in [0.29, 0.717) is 0 Å². The van der Waals surface area contributed by atoms with Gasteiger partial charge in [-0.05, 0) is 0 Å². The lowest BCUT2D eigenvalue weighted by atomic mass is 10.1. The molecule has 2 N–H and O–H groups in total. The van der Waals surface area contributed by atoms with Crippen molar-refractivity contribution >= 4 is 5.97 Å². The van der Waals surface area contributed by atoms with Gasteiger partial charge < -0.3 is 5.11 Å². The number of nitrogens with zero attached hydrogens (tertiary/aromatic N) is 1. The highest BCUT2D eigenvalue weighted by atomic mass is 19.3. The fourth-order valence-electron chi connectivity index (χ4n) is 1.09. The Balaban J connectivity index is 3.14. The second kappa shape index (κ2) is 4.28. The van der Waals surface area contributed by atoms with Crippen molar-refractivity contribution in [2.24, 2.45) is 0 Å². The number of alkyl halides is 4. The molecule has 1 aromatic rings. The number of carbonyl (C=O) groups is 1. The maximum Gasteiger partial charge on any atom is 0.307 e. The van der Waals surface area contributed by atoms with Gasteiger partial charge in [0.25, 0.3) is 12.9 Å². The van der Waals surface area contributed by atoms with E-state index in [1.54, 1.807) is 5.10 Å². The van der Waals surface area contributed by atoms with Crippen LogP contribution in [0, 0.1) is 0 Å². The van der Waals surface area contributed by atoms with Gasteiger partial charge in [0.2, 0.25) is 0 Å². The molecule has 0 aliphatic heterocycles. The molecule has 0 spiro atoms. The van der Waals surface area contributed by atoms with Crippen LogP contribution >= 0.6 is 0 Å². The molecule has 1 heterocycles. The number of rotatable bonds is 4. The first-order valence-electron chi connectivity index (χ1n) is 3.78.